The van der Waals surface area contributed by atoms with Gasteiger partial charge in [0.1, 0.15) is 5.78 Å². The average Bonchev–Trinajstić information content (AvgIpc) is 2.18. The van der Waals surface area contributed by atoms with Crippen LogP contribution in [0.4, 0.5) is 0 Å². The smallest absolute Gasteiger partial charge is 0.338 e. The molecule has 0 heterocycles. The summed E-state index contributed by atoms with van der Waals surface area (Å²) in [5, 5.41) is 0. The number of rotatable bonds is 4. The maximum atomic E-state index is 11.4. The summed E-state index contributed by atoms with van der Waals surface area (Å²) in [5.41, 5.74) is 1.61. The second kappa shape index (κ2) is 5.29. The van der Waals surface area contributed by atoms with Gasteiger partial charge in [0.2, 0.25) is 0 Å². The fraction of sp³-hybridized carbons (Fsp3) is 0.333. The Morgan fingerprint density at radius 1 is 1.20 bits per heavy atom. The van der Waals surface area contributed by atoms with Crippen molar-refractivity contribution in [2.24, 2.45) is 0 Å². The van der Waals surface area contributed by atoms with Crippen molar-refractivity contribution in [2.75, 3.05) is 6.61 Å². The standard InChI is InChI=1S/C12H14O3/c1-9-3-5-11(6-4-9)12(14)15-8-7-10(2)13/h3-6H,7-8H2,1-2H3. The van der Waals surface area contributed by atoms with E-state index in [1.807, 2.05) is 19.1 Å². The minimum Gasteiger partial charge on any atom is -0.462 e. The van der Waals surface area contributed by atoms with E-state index in [1.165, 1.54) is 6.92 Å². The van der Waals surface area contributed by atoms with Gasteiger partial charge in [-0.25, -0.2) is 4.79 Å². The van der Waals surface area contributed by atoms with Gasteiger partial charge in [0.15, 0.2) is 0 Å². The zero-order valence-electron chi connectivity index (χ0n) is 8.95. The summed E-state index contributed by atoms with van der Waals surface area (Å²) >= 11 is 0. The van der Waals surface area contributed by atoms with E-state index in [-0.39, 0.29) is 24.8 Å². The molecule has 0 aliphatic carbocycles. The summed E-state index contributed by atoms with van der Waals surface area (Å²) in [6, 6.07) is 7.13. The van der Waals surface area contributed by atoms with Gasteiger partial charge in [0.05, 0.1) is 12.2 Å². The number of hydrogen-bond donors (Lipinski definition) is 0. The van der Waals surface area contributed by atoms with E-state index in [4.69, 9.17) is 4.74 Å². The molecule has 0 amide bonds. The topological polar surface area (TPSA) is 43.4 Å². The molecule has 15 heavy (non-hydrogen) atoms. The van der Waals surface area contributed by atoms with Crippen LogP contribution in [0.3, 0.4) is 0 Å². The molecule has 3 heteroatoms. The fourth-order valence-electron chi connectivity index (χ4n) is 1.06. The van der Waals surface area contributed by atoms with E-state index < -0.39 is 0 Å². The number of benzene rings is 1. The maximum Gasteiger partial charge on any atom is 0.338 e. The van der Waals surface area contributed by atoms with Crippen LogP contribution in [0.25, 0.3) is 0 Å². The van der Waals surface area contributed by atoms with E-state index in [0.29, 0.717) is 5.56 Å². The Bertz CT molecular complexity index is 352. The Kier molecular flexibility index (Phi) is 4.03. The van der Waals surface area contributed by atoms with Crippen LogP contribution in [-0.2, 0) is 9.53 Å². The highest BCUT2D eigenvalue weighted by Gasteiger charge is 2.06. The van der Waals surface area contributed by atoms with Crippen LogP contribution in [0, 0.1) is 6.92 Å². The average molecular weight is 206 g/mol. The number of ether oxygens (including phenoxy) is 1. The molecule has 0 unspecified atom stereocenters. The molecular weight excluding hydrogens is 192 g/mol. The lowest BCUT2D eigenvalue weighted by Gasteiger charge is -2.03. The minimum atomic E-state index is -0.378. The predicted octanol–water partition coefficient (Wildman–Crippen LogP) is 2.13. The number of aryl methyl sites for hydroxylation is 1. The zero-order valence-corrected chi connectivity index (χ0v) is 8.95. The lowest BCUT2D eigenvalue weighted by Crippen LogP contribution is -2.08. The molecule has 1 aromatic carbocycles. The molecule has 0 fully saturated rings. The van der Waals surface area contributed by atoms with Gasteiger partial charge in [-0.15, -0.1) is 0 Å². The van der Waals surface area contributed by atoms with E-state index in [9.17, 15) is 9.59 Å². The summed E-state index contributed by atoms with van der Waals surface area (Å²) in [6.07, 6.45) is 0.275. The molecule has 0 spiro atoms. The van der Waals surface area contributed by atoms with Gasteiger partial charge in [0, 0.05) is 6.42 Å². The lowest BCUT2D eigenvalue weighted by atomic mass is 10.1. The fourth-order valence-corrected chi connectivity index (χ4v) is 1.06. The van der Waals surface area contributed by atoms with Crippen molar-refractivity contribution in [1.29, 1.82) is 0 Å². The first kappa shape index (κ1) is 11.4. The molecule has 0 aromatic heterocycles. The number of hydrogen-bond acceptors (Lipinski definition) is 3. The summed E-state index contributed by atoms with van der Waals surface area (Å²) in [5.74, 6) is -0.358. The first-order valence-corrected chi connectivity index (χ1v) is 4.83. The van der Waals surface area contributed by atoms with Crippen LogP contribution in [0.15, 0.2) is 24.3 Å². The summed E-state index contributed by atoms with van der Waals surface area (Å²) in [4.78, 5) is 22.0. The van der Waals surface area contributed by atoms with Gasteiger partial charge >= 0.3 is 5.97 Å². The quantitative estimate of drug-likeness (QED) is 0.709. The van der Waals surface area contributed by atoms with Crippen LogP contribution in [0.2, 0.25) is 0 Å². The number of carbonyl (C=O) groups excluding carboxylic acids is 2. The Labute approximate surface area is 89.1 Å². The third-order valence-corrected chi connectivity index (χ3v) is 1.97. The summed E-state index contributed by atoms with van der Waals surface area (Å²) in [7, 11) is 0. The zero-order chi connectivity index (χ0) is 11.3. The highest BCUT2D eigenvalue weighted by atomic mass is 16.5. The molecule has 1 aromatic rings. The van der Waals surface area contributed by atoms with Gasteiger partial charge in [0.25, 0.3) is 0 Å². The van der Waals surface area contributed by atoms with Crippen molar-refractivity contribution in [3.8, 4) is 0 Å². The first-order chi connectivity index (χ1) is 7.09. The first-order valence-electron chi connectivity index (χ1n) is 4.83. The van der Waals surface area contributed by atoms with Gasteiger partial charge in [-0.2, -0.15) is 0 Å². The number of ketones is 1. The molecule has 0 aliphatic rings. The predicted molar refractivity (Wildman–Crippen MR) is 56.8 cm³/mol. The van der Waals surface area contributed by atoms with E-state index in [0.717, 1.165) is 5.56 Å². The van der Waals surface area contributed by atoms with Gasteiger partial charge in [-0.05, 0) is 26.0 Å². The summed E-state index contributed by atoms with van der Waals surface area (Å²) < 4.78 is 4.92. The van der Waals surface area contributed by atoms with Crippen molar-refractivity contribution >= 4 is 11.8 Å². The Balaban J connectivity index is 2.47. The minimum absolute atomic E-state index is 0.0201. The number of esters is 1. The highest BCUT2D eigenvalue weighted by Crippen LogP contribution is 2.04. The summed E-state index contributed by atoms with van der Waals surface area (Å²) in [6.45, 7) is 3.58. The molecule has 0 aliphatic heterocycles. The molecule has 0 saturated carbocycles. The Hall–Kier alpha value is -1.64. The highest BCUT2D eigenvalue weighted by molar-refractivity contribution is 5.89. The van der Waals surface area contributed by atoms with Crippen LogP contribution in [-0.4, -0.2) is 18.4 Å². The molecule has 80 valence electrons. The van der Waals surface area contributed by atoms with Crippen molar-refractivity contribution in [3.63, 3.8) is 0 Å². The van der Waals surface area contributed by atoms with Gasteiger partial charge in [-0.3, -0.25) is 4.79 Å². The Morgan fingerprint density at radius 3 is 2.33 bits per heavy atom. The largest absolute Gasteiger partial charge is 0.462 e. The van der Waals surface area contributed by atoms with E-state index >= 15 is 0 Å². The molecule has 0 N–H and O–H groups in total. The van der Waals surface area contributed by atoms with Crippen LogP contribution < -0.4 is 0 Å². The molecule has 3 nitrogen and oxygen atoms in total. The van der Waals surface area contributed by atoms with Crippen LogP contribution >= 0.6 is 0 Å². The SMILES string of the molecule is CC(=O)CCOC(=O)c1ccc(C)cc1. The number of carbonyl (C=O) groups is 2. The second-order valence-electron chi connectivity index (χ2n) is 3.45. The molecule has 0 atom stereocenters. The van der Waals surface area contributed by atoms with Crippen molar-refractivity contribution in [2.45, 2.75) is 20.3 Å². The molecule has 1 rings (SSSR count). The van der Waals surface area contributed by atoms with E-state index in [1.54, 1.807) is 12.1 Å². The normalized spacial score (nSPS) is 9.73. The Morgan fingerprint density at radius 2 is 1.80 bits per heavy atom. The van der Waals surface area contributed by atoms with Crippen molar-refractivity contribution in [1.82, 2.24) is 0 Å². The maximum absolute atomic E-state index is 11.4. The van der Waals surface area contributed by atoms with Crippen molar-refractivity contribution in [3.05, 3.63) is 35.4 Å². The third-order valence-electron chi connectivity index (χ3n) is 1.97. The molecule has 0 saturated heterocycles. The van der Waals surface area contributed by atoms with Gasteiger partial charge < -0.3 is 4.74 Å². The van der Waals surface area contributed by atoms with E-state index in [2.05, 4.69) is 0 Å². The lowest BCUT2D eigenvalue weighted by molar-refractivity contribution is -0.117. The van der Waals surface area contributed by atoms with Gasteiger partial charge in [-0.1, -0.05) is 17.7 Å². The molecule has 0 bridgehead atoms. The van der Waals surface area contributed by atoms with Crippen molar-refractivity contribution < 1.29 is 14.3 Å². The molecular formula is C12H14O3. The third kappa shape index (κ3) is 3.94. The number of Topliss-reactive ketones (excluding diaryl/α,β-unsaturated/α-hetero) is 1. The second-order valence-corrected chi connectivity index (χ2v) is 3.45. The molecule has 0 radical (unpaired) electrons. The van der Waals surface area contributed by atoms with Crippen LogP contribution in [0.5, 0.6) is 0 Å². The van der Waals surface area contributed by atoms with Crippen LogP contribution in [0.1, 0.15) is 29.3 Å². The monoisotopic (exact) mass is 206 g/mol.